The van der Waals surface area contributed by atoms with Crippen LogP contribution < -0.4 is 10.2 Å². The first-order valence-electron chi connectivity index (χ1n) is 9.31. The molecule has 0 spiro atoms. The average Bonchev–Trinajstić information content (AvgIpc) is 3.04. The molecule has 0 atom stereocenters. The Labute approximate surface area is 148 Å². The van der Waals surface area contributed by atoms with Crippen LogP contribution in [0.3, 0.4) is 0 Å². The van der Waals surface area contributed by atoms with E-state index in [4.69, 9.17) is 9.15 Å². The van der Waals surface area contributed by atoms with Crippen molar-refractivity contribution in [2.24, 2.45) is 5.92 Å². The number of nitrogens with zero attached hydrogens (tertiary/aromatic N) is 1. The standard InChI is InChI=1S/C21H25NO3/c23-20-10-19(13-22-11-17-8-4-5-9-18(17)12-22)24-15-21(20)25-14-16-6-2-1-3-7-16/h4-5,8-10,15-16H,1-3,6-7,11-14H2. The smallest absolute Gasteiger partial charge is 0.227 e. The Kier molecular flexibility index (Phi) is 4.88. The molecule has 132 valence electrons. The Bertz CT molecular complexity index is 752. The summed E-state index contributed by atoms with van der Waals surface area (Å²) in [7, 11) is 0. The van der Waals surface area contributed by atoms with E-state index in [1.807, 2.05) is 0 Å². The fourth-order valence-electron chi connectivity index (χ4n) is 3.92. The van der Waals surface area contributed by atoms with E-state index in [0.29, 0.717) is 30.6 Å². The summed E-state index contributed by atoms with van der Waals surface area (Å²) in [6, 6.07) is 10.0. The lowest BCUT2D eigenvalue weighted by Crippen LogP contribution is -2.19. The molecular weight excluding hydrogens is 314 g/mol. The highest BCUT2D eigenvalue weighted by molar-refractivity contribution is 5.30. The molecule has 2 aliphatic rings. The topological polar surface area (TPSA) is 42.7 Å². The van der Waals surface area contributed by atoms with Crippen molar-refractivity contribution in [1.82, 2.24) is 4.90 Å². The minimum absolute atomic E-state index is 0.0752. The zero-order valence-electron chi connectivity index (χ0n) is 14.6. The van der Waals surface area contributed by atoms with Crippen molar-refractivity contribution in [2.45, 2.75) is 51.7 Å². The summed E-state index contributed by atoms with van der Waals surface area (Å²) >= 11 is 0. The molecule has 0 radical (unpaired) electrons. The molecule has 25 heavy (non-hydrogen) atoms. The third kappa shape index (κ3) is 3.96. The largest absolute Gasteiger partial charge is 0.486 e. The van der Waals surface area contributed by atoms with Crippen LogP contribution in [0.25, 0.3) is 0 Å². The van der Waals surface area contributed by atoms with Crippen LogP contribution in [0.5, 0.6) is 5.75 Å². The van der Waals surface area contributed by atoms with Gasteiger partial charge in [0.2, 0.25) is 11.2 Å². The first-order chi connectivity index (χ1) is 12.3. The predicted octanol–water partition coefficient (Wildman–Crippen LogP) is 4.11. The van der Waals surface area contributed by atoms with Gasteiger partial charge in [-0.15, -0.1) is 0 Å². The monoisotopic (exact) mass is 339 g/mol. The van der Waals surface area contributed by atoms with Crippen LogP contribution in [-0.2, 0) is 19.6 Å². The fraction of sp³-hybridized carbons (Fsp3) is 0.476. The summed E-state index contributed by atoms with van der Waals surface area (Å²) in [6.45, 7) is 3.08. The number of hydrogen-bond acceptors (Lipinski definition) is 4. The third-order valence-corrected chi connectivity index (χ3v) is 5.34. The maximum atomic E-state index is 12.3. The molecule has 4 rings (SSSR count). The minimum atomic E-state index is -0.0752. The second-order valence-corrected chi connectivity index (χ2v) is 7.30. The first-order valence-corrected chi connectivity index (χ1v) is 9.31. The van der Waals surface area contributed by atoms with Crippen LogP contribution in [0.4, 0.5) is 0 Å². The molecule has 1 saturated carbocycles. The molecular formula is C21H25NO3. The lowest BCUT2D eigenvalue weighted by atomic mass is 9.90. The lowest BCUT2D eigenvalue weighted by molar-refractivity contribution is 0.200. The van der Waals surface area contributed by atoms with Gasteiger partial charge >= 0.3 is 0 Å². The van der Waals surface area contributed by atoms with Crippen molar-refractivity contribution in [2.75, 3.05) is 6.61 Å². The van der Waals surface area contributed by atoms with Crippen molar-refractivity contribution >= 4 is 0 Å². The summed E-state index contributed by atoms with van der Waals surface area (Å²) in [5, 5.41) is 0. The molecule has 4 nitrogen and oxygen atoms in total. The van der Waals surface area contributed by atoms with Gasteiger partial charge in [-0.2, -0.15) is 0 Å². The van der Waals surface area contributed by atoms with E-state index in [9.17, 15) is 4.79 Å². The lowest BCUT2D eigenvalue weighted by Gasteiger charge is -2.21. The summed E-state index contributed by atoms with van der Waals surface area (Å²) in [6.07, 6.45) is 7.79. The molecule has 0 bridgehead atoms. The van der Waals surface area contributed by atoms with Gasteiger partial charge in [-0.3, -0.25) is 9.69 Å². The van der Waals surface area contributed by atoms with Crippen LogP contribution in [0.1, 0.15) is 49.0 Å². The maximum absolute atomic E-state index is 12.3. The second-order valence-electron chi connectivity index (χ2n) is 7.30. The highest BCUT2D eigenvalue weighted by Crippen LogP contribution is 2.25. The quantitative estimate of drug-likeness (QED) is 0.822. The van der Waals surface area contributed by atoms with Crippen molar-refractivity contribution in [1.29, 1.82) is 0 Å². The number of rotatable bonds is 5. The SMILES string of the molecule is O=c1cc(CN2Cc3ccccc3C2)occ1OCC1CCCCC1. The van der Waals surface area contributed by atoms with Gasteiger partial charge in [0.05, 0.1) is 13.2 Å². The Morgan fingerprint density at radius 2 is 1.80 bits per heavy atom. The molecule has 0 amide bonds. The Morgan fingerprint density at radius 1 is 1.08 bits per heavy atom. The van der Waals surface area contributed by atoms with E-state index in [0.717, 1.165) is 13.1 Å². The highest BCUT2D eigenvalue weighted by atomic mass is 16.5. The van der Waals surface area contributed by atoms with Gasteiger partial charge in [-0.05, 0) is 29.9 Å². The van der Waals surface area contributed by atoms with E-state index >= 15 is 0 Å². The number of ether oxygens (including phenoxy) is 1. The second kappa shape index (κ2) is 7.44. The van der Waals surface area contributed by atoms with E-state index in [1.54, 1.807) is 6.07 Å². The van der Waals surface area contributed by atoms with Crippen molar-refractivity contribution in [3.63, 3.8) is 0 Å². The van der Waals surface area contributed by atoms with Gasteiger partial charge in [0.25, 0.3) is 0 Å². The predicted molar refractivity (Wildman–Crippen MR) is 96.4 cm³/mol. The Balaban J connectivity index is 1.35. The van der Waals surface area contributed by atoms with Gasteiger partial charge in [0.1, 0.15) is 12.0 Å². The molecule has 0 N–H and O–H groups in total. The average molecular weight is 339 g/mol. The van der Waals surface area contributed by atoms with Crippen LogP contribution in [0.2, 0.25) is 0 Å². The summed E-state index contributed by atoms with van der Waals surface area (Å²) < 4.78 is 11.4. The molecule has 1 aliphatic carbocycles. The normalized spacial score (nSPS) is 18.2. The Hall–Kier alpha value is -2.07. The Morgan fingerprint density at radius 3 is 2.48 bits per heavy atom. The van der Waals surface area contributed by atoms with E-state index in [-0.39, 0.29) is 5.43 Å². The fourth-order valence-corrected chi connectivity index (χ4v) is 3.92. The maximum Gasteiger partial charge on any atom is 0.227 e. The number of hydrogen-bond donors (Lipinski definition) is 0. The molecule has 1 aliphatic heterocycles. The van der Waals surface area contributed by atoms with Crippen LogP contribution in [-0.4, -0.2) is 11.5 Å². The van der Waals surface area contributed by atoms with Gasteiger partial charge in [-0.1, -0.05) is 43.5 Å². The van der Waals surface area contributed by atoms with Crippen molar-refractivity contribution < 1.29 is 9.15 Å². The molecule has 4 heteroatoms. The van der Waals surface area contributed by atoms with Crippen LogP contribution >= 0.6 is 0 Å². The van der Waals surface area contributed by atoms with Gasteiger partial charge in [0, 0.05) is 19.2 Å². The van der Waals surface area contributed by atoms with Gasteiger partial charge in [0.15, 0.2) is 0 Å². The van der Waals surface area contributed by atoms with Crippen LogP contribution in [0, 0.1) is 5.92 Å². The highest BCUT2D eigenvalue weighted by Gasteiger charge is 2.20. The number of benzene rings is 1. The molecule has 1 fully saturated rings. The zero-order valence-corrected chi connectivity index (χ0v) is 14.6. The van der Waals surface area contributed by atoms with Gasteiger partial charge in [-0.25, -0.2) is 0 Å². The minimum Gasteiger partial charge on any atom is -0.486 e. The molecule has 0 unspecified atom stereocenters. The molecule has 1 aromatic carbocycles. The van der Waals surface area contributed by atoms with Crippen molar-refractivity contribution in [3.8, 4) is 5.75 Å². The van der Waals surface area contributed by atoms with E-state index in [2.05, 4.69) is 29.2 Å². The summed E-state index contributed by atoms with van der Waals surface area (Å²) in [5.74, 6) is 1.62. The van der Waals surface area contributed by atoms with Crippen LogP contribution in [0.15, 0.2) is 45.8 Å². The van der Waals surface area contributed by atoms with Gasteiger partial charge < -0.3 is 9.15 Å². The molecule has 2 heterocycles. The molecule has 1 aromatic heterocycles. The molecule has 0 saturated heterocycles. The number of fused-ring (bicyclic) bond motifs is 1. The van der Waals surface area contributed by atoms with Crippen molar-refractivity contribution in [3.05, 3.63) is 63.7 Å². The molecule has 2 aromatic rings. The first kappa shape index (κ1) is 16.4. The van der Waals surface area contributed by atoms with E-state index < -0.39 is 0 Å². The summed E-state index contributed by atoms with van der Waals surface area (Å²) in [4.78, 5) is 14.6. The zero-order chi connectivity index (χ0) is 17.1. The van der Waals surface area contributed by atoms with E-state index in [1.165, 1.54) is 49.5 Å². The summed E-state index contributed by atoms with van der Waals surface area (Å²) in [5.41, 5.74) is 2.64. The third-order valence-electron chi connectivity index (χ3n) is 5.34.